The van der Waals surface area contributed by atoms with Crippen LogP contribution in [0.1, 0.15) is 15.9 Å². The molecule has 4 heteroatoms. The average molecular weight is 307 g/mol. The van der Waals surface area contributed by atoms with E-state index in [9.17, 15) is 9.59 Å². The Morgan fingerprint density at radius 1 is 1.00 bits per heavy atom. The quantitative estimate of drug-likeness (QED) is 0.506. The molecule has 2 aromatic carbocycles. The standard InChI is InChI=1S/C19H17NO3/c1-2-13-23-19(22)17(14-15-9-5-3-6-10-15)20-18(21)16-11-7-4-8-12-16/h2-12,14H,1,13H2,(H,20,21). The predicted octanol–water partition coefficient (Wildman–Crippen LogP) is 3.19. The molecule has 0 radical (unpaired) electrons. The number of nitrogens with one attached hydrogen (secondary N) is 1. The third-order valence-electron chi connectivity index (χ3n) is 2.95. The average Bonchev–Trinajstić information content (AvgIpc) is 2.60. The number of benzene rings is 2. The topological polar surface area (TPSA) is 55.4 Å². The Labute approximate surface area is 135 Å². The van der Waals surface area contributed by atoms with Gasteiger partial charge >= 0.3 is 5.97 Å². The lowest BCUT2D eigenvalue weighted by Gasteiger charge is -2.09. The highest BCUT2D eigenvalue weighted by atomic mass is 16.5. The van der Waals surface area contributed by atoms with Crippen LogP contribution in [0.5, 0.6) is 0 Å². The number of ether oxygens (including phenoxy) is 1. The number of hydrogen-bond acceptors (Lipinski definition) is 3. The molecule has 4 nitrogen and oxygen atoms in total. The second-order valence-corrected chi connectivity index (χ2v) is 4.68. The molecule has 2 aromatic rings. The van der Waals surface area contributed by atoms with Gasteiger partial charge in [-0.15, -0.1) is 0 Å². The van der Waals surface area contributed by atoms with Crippen molar-refractivity contribution in [3.8, 4) is 0 Å². The van der Waals surface area contributed by atoms with Crippen molar-refractivity contribution in [1.29, 1.82) is 0 Å². The molecule has 0 heterocycles. The number of amides is 1. The summed E-state index contributed by atoms with van der Waals surface area (Å²) in [5.41, 5.74) is 1.32. The molecule has 0 aliphatic heterocycles. The first-order valence-corrected chi connectivity index (χ1v) is 7.12. The van der Waals surface area contributed by atoms with E-state index in [-0.39, 0.29) is 18.2 Å². The fraction of sp³-hybridized carbons (Fsp3) is 0.0526. The van der Waals surface area contributed by atoms with Gasteiger partial charge in [0.25, 0.3) is 5.91 Å². The van der Waals surface area contributed by atoms with Gasteiger partial charge in [0, 0.05) is 5.56 Å². The van der Waals surface area contributed by atoms with Crippen LogP contribution in [-0.2, 0) is 9.53 Å². The molecule has 0 unspecified atom stereocenters. The van der Waals surface area contributed by atoms with Crippen LogP contribution in [0.4, 0.5) is 0 Å². The summed E-state index contributed by atoms with van der Waals surface area (Å²) in [5.74, 6) is -0.985. The van der Waals surface area contributed by atoms with Gasteiger partial charge in [0.05, 0.1) is 0 Å². The highest BCUT2D eigenvalue weighted by Crippen LogP contribution is 2.08. The molecule has 0 atom stereocenters. The minimum absolute atomic E-state index is 0.0756. The second-order valence-electron chi connectivity index (χ2n) is 4.68. The van der Waals surface area contributed by atoms with Gasteiger partial charge < -0.3 is 10.1 Å². The highest BCUT2D eigenvalue weighted by Gasteiger charge is 2.15. The van der Waals surface area contributed by atoms with Gasteiger partial charge in [0.2, 0.25) is 0 Å². The molecule has 0 fully saturated rings. The monoisotopic (exact) mass is 307 g/mol. The molecule has 0 aliphatic carbocycles. The summed E-state index contributed by atoms with van der Waals surface area (Å²) in [6.45, 7) is 3.58. The van der Waals surface area contributed by atoms with E-state index in [2.05, 4.69) is 11.9 Å². The zero-order valence-electron chi connectivity index (χ0n) is 12.6. The lowest BCUT2D eigenvalue weighted by Crippen LogP contribution is -2.28. The Kier molecular flexibility index (Phi) is 5.89. The Balaban J connectivity index is 2.23. The van der Waals surface area contributed by atoms with E-state index in [1.165, 1.54) is 6.08 Å². The number of esters is 1. The molecule has 0 spiro atoms. The number of carbonyl (C=O) groups excluding carboxylic acids is 2. The first kappa shape index (κ1) is 16.2. The van der Waals surface area contributed by atoms with E-state index >= 15 is 0 Å². The van der Waals surface area contributed by atoms with E-state index < -0.39 is 5.97 Å². The number of hydrogen-bond donors (Lipinski definition) is 1. The fourth-order valence-corrected chi connectivity index (χ4v) is 1.86. The van der Waals surface area contributed by atoms with Crippen molar-refractivity contribution in [3.05, 3.63) is 90.1 Å². The van der Waals surface area contributed by atoms with Crippen LogP contribution in [0.3, 0.4) is 0 Å². The summed E-state index contributed by atoms with van der Waals surface area (Å²) in [6.07, 6.45) is 3.04. The van der Waals surface area contributed by atoms with E-state index in [0.29, 0.717) is 5.56 Å². The summed E-state index contributed by atoms with van der Waals surface area (Å²) in [7, 11) is 0. The molecule has 0 saturated heterocycles. The van der Waals surface area contributed by atoms with Gasteiger partial charge in [-0.25, -0.2) is 4.79 Å². The summed E-state index contributed by atoms with van der Waals surface area (Å²) in [5, 5.41) is 2.60. The van der Waals surface area contributed by atoms with Crippen LogP contribution in [0.25, 0.3) is 6.08 Å². The summed E-state index contributed by atoms with van der Waals surface area (Å²) < 4.78 is 5.02. The Morgan fingerprint density at radius 3 is 2.22 bits per heavy atom. The molecule has 0 saturated carbocycles. The van der Waals surface area contributed by atoms with E-state index in [1.54, 1.807) is 30.3 Å². The maximum Gasteiger partial charge on any atom is 0.355 e. The maximum absolute atomic E-state index is 12.2. The highest BCUT2D eigenvalue weighted by molar-refractivity contribution is 6.03. The van der Waals surface area contributed by atoms with Crippen molar-refractivity contribution in [2.45, 2.75) is 0 Å². The second kappa shape index (κ2) is 8.34. The first-order valence-electron chi connectivity index (χ1n) is 7.12. The number of rotatable bonds is 6. The fourth-order valence-electron chi connectivity index (χ4n) is 1.86. The lowest BCUT2D eigenvalue weighted by atomic mass is 10.1. The Bertz CT molecular complexity index is 706. The van der Waals surface area contributed by atoms with Crippen LogP contribution >= 0.6 is 0 Å². The third-order valence-corrected chi connectivity index (χ3v) is 2.95. The van der Waals surface area contributed by atoms with Crippen molar-refractivity contribution >= 4 is 18.0 Å². The zero-order valence-corrected chi connectivity index (χ0v) is 12.6. The van der Waals surface area contributed by atoms with E-state index in [1.807, 2.05) is 36.4 Å². The van der Waals surface area contributed by atoms with Gasteiger partial charge in [-0.2, -0.15) is 0 Å². The molecule has 1 amide bonds. The minimum Gasteiger partial charge on any atom is -0.457 e. The number of carbonyl (C=O) groups is 2. The molecule has 23 heavy (non-hydrogen) atoms. The normalized spacial score (nSPS) is 10.7. The Hall–Kier alpha value is -3.14. The van der Waals surface area contributed by atoms with Crippen molar-refractivity contribution in [1.82, 2.24) is 5.32 Å². The Morgan fingerprint density at radius 2 is 1.61 bits per heavy atom. The van der Waals surface area contributed by atoms with Crippen molar-refractivity contribution in [3.63, 3.8) is 0 Å². The maximum atomic E-state index is 12.2. The minimum atomic E-state index is -0.613. The third kappa shape index (κ3) is 4.97. The van der Waals surface area contributed by atoms with Crippen molar-refractivity contribution in [2.24, 2.45) is 0 Å². The van der Waals surface area contributed by atoms with Gasteiger partial charge in [0.15, 0.2) is 0 Å². The molecule has 2 rings (SSSR count). The van der Waals surface area contributed by atoms with Crippen LogP contribution in [0.15, 0.2) is 79.0 Å². The van der Waals surface area contributed by atoms with Crippen LogP contribution in [0.2, 0.25) is 0 Å². The summed E-state index contributed by atoms with van der Waals surface area (Å²) in [6, 6.07) is 17.9. The van der Waals surface area contributed by atoms with Crippen LogP contribution in [-0.4, -0.2) is 18.5 Å². The molecule has 1 N–H and O–H groups in total. The molecular formula is C19H17NO3. The SMILES string of the molecule is C=CCOC(=O)C(=Cc1ccccc1)NC(=O)c1ccccc1. The van der Waals surface area contributed by atoms with Crippen molar-refractivity contribution in [2.75, 3.05) is 6.61 Å². The first-order chi connectivity index (χ1) is 11.2. The molecule has 0 bridgehead atoms. The largest absolute Gasteiger partial charge is 0.457 e. The van der Waals surface area contributed by atoms with Gasteiger partial charge in [-0.3, -0.25) is 4.79 Å². The smallest absolute Gasteiger partial charge is 0.355 e. The van der Waals surface area contributed by atoms with Crippen LogP contribution < -0.4 is 5.32 Å². The van der Waals surface area contributed by atoms with Gasteiger partial charge in [-0.1, -0.05) is 61.2 Å². The van der Waals surface area contributed by atoms with Gasteiger partial charge in [-0.05, 0) is 23.8 Å². The predicted molar refractivity (Wildman–Crippen MR) is 89.5 cm³/mol. The van der Waals surface area contributed by atoms with Crippen LogP contribution in [0, 0.1) is 0 Å². The molecule has 0 aromatic heterocycles. The molecule has 116 valence electrons. The molecular weight excluding hydrogens is 290 g/mol. The summed E-state index contributed by atoms with van der Waals surface area (Å²) in [4.78, 5) is 24.4. The lowest BCUT2D eigenvalue weighted by molar-refractivity contribution is -0.138. The van der Waals surface area contributed by atoms with E-state index in [0.717, 1.165) is 5.56 Å². The zero-order chi connectivity index (χ0) is 16.5. The van der Waals surface area contributed by atoms with Gasteiger partial charge in [0.1, 0.15) is 12.3 Å². The van der Waals surface area contributed by atoms with E-state index in [4.69, 9.17) is 4.74 Å². The summed E-state index contributed by atoms with van der Waals surface area (Å²) >= 11 is 0. The van der Waals surface area contributed by atoms with Crippen molar-refractivity contribution < 1.29 is 14.3 Å². The molecule has 0 aliphatic rings.